The van der Waals surface area contributed by atoms with E-state index in [1.165, 1.54) is 4.90 Å². The molecular formula is C20H30NO4Si. The third-order valence-electron chi connectivity index (χ3n) is 4.18. The van der Waals surface area contributed by atoms with E-state index in [4.69, 9.17) is 9.16 Å². The summed E-state index contributed by atoms with van der Waals surface area (Å²) in [5, 5.41) is 0. The maximum absolute atomic E-state index is 12.8. The van der Waals surface area contributed by atoms with Crippen LogP contribution < -0.4 is 0 Å². The van der Waals surface area contributed by atoms with E-state index >= 15 is 0 Å². The standard InChI is InChI=1S/C20H30NO4Si/c1-13(2)26(14(3)4)25-17-16(15-11-9-8-10-12-15)21(18(17)22)19(23)24-20(5,6)7/h8-14,16-17H,1-7H3/t16?,17-/m1/s1. The average molecular weight is 377 g/mol. The number of ether oxygens (including phenoxy) is 1. The predicted octanol–water partition coefficient (Wildman–Crippen LogP) is 4.70. The van der Waals surface area contributed by atoms with Gasteiger partial charge < -0.3 is 9.16 Å². The number of likely N-dealkylation sites (tertiary alicyclic amines) is 1. The van der Waals surface area contributed by atoms with Gasteiger partial charge in [0.25, 0.3) is 5.91 Å². The van der Waals surface area contributed by atoms with Crippen LogP contribution in [0.3, 0.4) is 0 Å². The first-order chi connectivity index (χ1) is 12.0. The van der Waals surface area contributed by atoms with Gasteiger partial charge in [-0.1, -0.05) is 58.0 Å². The minimum absolute atomic E-state index is 0.308. The quantitative estimate of drug-likeness (QED) is 0.552. The molecule has 1 aliphatic heterocycles. The highest BCUT2D eigenvalue weighted by molar-refractivity contribution is 6.55. The van der Waals surface area contributed by atoms with Crippen molar-refractivity contribution in [2.45, 2.75) is 77.3 Å². The monoisotopic (exact) mass is 376 g/mol. The Morgan fingerprint density at radius 3 is 2.08 bits per heavy atom. The van der Waals surface area contributed by atoms with Crippen LogP contribution in [0.1, 0.15) is 60.1 Å². The van der Waals surface area contributed by atoms with E-state index in [-0.39, 0.29) is 5.91 Å². The number of β-lactam (4-membered cyclic amide) rings is 1. The molecule has 0 saturated carbocycles. The van der Waals surface area contributed by atoms with Gasteiger partial charge in [0.05, 0.1) is 0 Å². The molecule has 1 radical (unpaired) electrons. The molecule has 1 aromatic carbocycles. The van der Waals surface area contributed by atoms with Gasteiger partial charge in [-0.05, 0) is 37.4 Å². The maximum Gasteiger partial charge on any atom is 0.417 e. The van der Waals surface area contributed by atoms with Gasteiger partial charge in [-0.15, -0.1) is 0 Å². The van der Waals surface area contributed by atoms with E-state index in [1.807, 2.05) is 30.3 Å². The van der Waals surface area contributed by atoms with Crippen molar-refractivity contribution in [3.05, 3.63) is 35.9 Å². The van der Waals surface area contributed by atoms with Crippen LogP contribution in [0.4, 0.5) is 4.79 Å². The Morgan fingerprint density at radius 1 is 1.08 bits per heavy atom. The van der Waals surface area contributed by atoms with Gasteiger partial charge in [-0.25, -0.2) is 9.69 Å². The van der Waals surface area contributed by atoms with Crippen LogP contribution in [0, 0.1) is 0 Å². The van der Waals surface area contributed by atoms with E-state index in [2.05, 4.69) is 27.7 Å². The molecule has 26 heavy (non-hydrogen) atoms. The summed E-state index contributed by atoms with van der Waals surface area (Å²) in [5.41, 5.74) is 0.978. The zero-order valence-electron chi connectivity index (χ0n) is 16.8. The van der Waals surface area contributed by atoms with Crippen LogP contribution >= 0.6 is 0 Å². The number of amides is 2. The van der Waals surface area contributed by atoms with Gasteiger partial charge in [0.2, 0.25) is 9.04 Å². The lowest BCUT2D eigenvalue weighted by atomic mass is 9.91. The highest BCUT2D eigenvalue weighted by Gasteiger charge is 2.54. The number of carbonyl (C=O) groups excluding carboxylic acids is 2. The average Bonchev–Trinajstić information content (AvgIpc) is 2.50. The Bertz CT molecular complexity index is 631. The highest BCUT2D eigenvalue weighted by Crippen LogP contribution is 2.40. The zero-order chi connectivity index (χ0) is 19.6. The zero-order valence-corrected chi connectivity index (χ0v) is 17.8. The van der Waals surface area contributed by atoms with Crippen molar-refractivity contribution in [2.24, 2.45) is 0 Å². The Balaban J connectivity index is 2.28. The van der Waals surface area contributed by atoms with Gasteiger partial charge in [-0.3, -0.25) is 4.79 Å². The van der Waals surface area contributed by atoms with E-state index in [0.717, 1.165) is 5.56 Å². The van der Waals surface area contributed by atoms with Crippen LogP contribution in [-0.4, -0.2) is 37.6 Å². The summed E-state index contributed by atoms with van der Waals surface area (Å²) in [5.74, 6) is -0.308. The fourth-order valence-corrected chi connectivity index (χ4v) is 5.55. The molecule has 0 N–H and O–H groups in total. The molecule has 0 bridgehead atoms. The minimum atomic E-state index is -1.19. The molecule has 2 amide bonds. The molecule has 1 aromatic rings. The van der Waals surface area contributed by atoms with Gasteiger partial charge in [0.1, 0.15) is 11.6 Å². The Hall–Kier alpha value is -1.66. The fraction of sp³-hybridized carbons (Fsp3) is 0.600. The van der Waals surface area contributed by atoms with Gasteiger partial charge in [0.15, 0.2) is 6.10 Å². The van der Waals surface area contributed by atoms with E-state index in [9.17, 15) is 9.59 Å². The largest absolute Gasteiger partial charge is 0.443 e. The van der Waals surface area contributed by atoms with Crippen LogP contribution in [0.25, 0.3) is 0 Å². The lowest BCUT2D eigenvalue weighted by Crippen LogP contribution is -2.64. The Kier molecular flexibility index (Phi) is 6.29. The summed E-state index contributed by atoms with van der Waals surface area (Å²) in [6.07, 6.45) is -1.23. The van der Waals surface area contributed by atoms with Crippen molar-refractivity contribution in [1.29, 1.82) is 0 Å². The van der Waals surface area contributed by atoms with Crippen molar-refractivity contribution in [3.8, 4) is 0 Å². The SMILES string of the molecule is CC(C)[Si](O[C@H]1C(=O)N(C(=O)OC(C)(C)C)C1c1ccccc1)C(C)C. The van der Waals surface area contributed by atoms with E-state index < -0.39 is 32.9 Å². The molecule has 0 aliphatic carbocycles. The molecule has 1 saturated heterocycles. The summed E-state index contributed by atoms with van der Waals surface area (Å²) < 4.78 is 11.7. The summed E-state index contributed by atoms with van der Waals surface area (Å²) in [4.78, 5) is 26.5. The normalized spacial score (nSPS) is 20.7. The third-order valence-corrected chi connectivity index (χ3v) is 6.98. The van der Waals surface area contributed by atoms with Crippen LogP contribution in [0.15, 0.2) is 30.3 Å². The molecule has 2 atom stereocenters. The molecule has 1 aliphatic rings. The first-order valence-corrected chi connectivity index (χ1v) is 10.7. The van der Waals surface area contributed by atoms with Crippen molar-refractivity contribution >= 4 is 21.0 Å². The number of hydrogen-bond donors (Lipinski definition) is 0. The van der Waals surface area contributed by atoms with Crippen molar-refractivity contribution in [1.82, 2.24) is 4.90 Å². The number of nitrogens with zero attached hydrogens (tertiary/aromatic N) is 1. The maximum atomic E-state index is 12.8. The molecule has 0 spiro atoms. The molecule has 143 valence electrons. The topological polar surface area (TPSA) is 55.8 Å². The number of rotatable bonds is 5. The second kappa shape index (κ2) is 7.92. The molecule has 2 rings (SSSR count). The number of hydrogen-bond acceptors (Lipinski definition) is 4. The summed E-state index contributed by atoms with van der Waals surface area (Å²) in [6, 6.07) is 9.12. The summed E-state index contributed by atoms with van der Waals surface area (Å²) >= 11 is 0. The molecule has 1 fully saturated rings. The number of benzene rings is 1. The Morgan fingerprint density at radius 2 is 1.62 bits per heavy atom. The molecule has 5 nitrogen and oxygen atoms in total. The third kappa shape index (κ3) is 4.54. The molecule has 1 heterocycles. The number of imide groups is 1. The molecule has 6 heteroatoms. The lowest BCUT2D eigenvalue weighted by Gasteiger charge is -2.47. The van der Waals surface area contributed by atoms with Crippen LogP contribution in [-0.2, 0) is 14.0 Å². The second-order valence-corrected chi connectivity index (χ2v) is 11.6. The summed E-state index contributed by atoms with van der Waals surface area (Å²) in [7, 11) is -1.19. The van der Waals surface area contributed by atoms with Crippen molar-refractivity contribution in [2.75, 3.05) is 0 Å². The van der Waals surface area contributed by atoms with E-state index in [1.54, 1.807) is 20.8 Å². The van der Waals surface area contributed by atoms with Crippen molar-refractivity contribution < 1.29 is 18.8 Å². The molecular weight excluding hydrogens is 346 g/mol. The lowest BCUT2D eigenvalue weighted by molar-refractivity contribution is -0.162. The van der Waals surface area contributed by atoms with Crippen molar-refractivity contribution in [3.63, 3.8) is 0 Å². The van der Waals surface area contributed by atoms with Gasteiger partial charge in [0, 0.05) is 0 Å². The first-order valence-electron chi connectivity index (χ1n) is 9.17. The fourth-order valence-electron chi connectivity index (χ4n) is 3.15. The second-order valence-electron chi connectivity index (χ2n) is 8.29. The van der Waals surface area contributed by atoms with Gasteiger partial charge >= 0.3 is 6.09 Å². The predicted molar refractivity (Wildman–Crippen MR) is 103 cm³/mol. The van der Waals surface area contributed by atoms with Gasteiger partial charge in [-0.2, -0.15) is 0 Å². The van der Waals surface area contributed by atoms with E-state index in [0.29, 0.717) is 11.1 Å². The number of carbonyl (C=O) groups is 2. The molecule has 1 unspecified atom stereocenters. The van der Waals surface area contributed by atoms with Crippen LogP contribution in [0.5, 0.6) is 0 Å². The smallest absolute Gasteiger partial charge is 0.417 e. The Labute approximate surface area is 158 Å². The minimum Gasteiger partial charge on any atom is -0.443 e. The highest BCUT2D eigenvalue weighted by atomic mass is 28.3. The first kappa shape index (κ1) is 20.6. The summed E-state index contributed by atoms with van der Waals surface area (Å²) in [6.45, 7) is 13.9. The van der Waals surface area contributed by atoms with Crippen LogP contribution in [0.2, 0.25) is 11.1 Å². The molecule has 0 aromatic heterocycles.